The molecule has 2 heterocycles. The fourth-order valence-corrected chi connectivity index (χ4v) is 2.89. The topological polar surface area (TPSA) is 42.4 Å². The fraction of sp³-hybridized carbons (Fsp3) is 0.538. The van der Waals surface area contributed by atoms with Crippen LogP contribution in [0.3, 0.4) is 0 Å². The highest BCUT2D eigenvalue weighted by molar-refractivity contribution is 8.00. The number of carbonyl (C=O) groups excluding carboxylic acids is 1. The van der Waals surface area contributed by atoms with Crippen LogP contribution >= 0.6 is 11.8 Å². The number of aromatic nitrogens is 1. The molecule has 0 bridgehead atoms. The molecule has 1 fully saturated rings. The SMILES string of the molecule is COC[C@H]1CCN(C(=O)CSc2ccncc2)C1. The molecule has 1 aromatic rings. The molecule has 4 nitrogen and oxygen atoms in total. The second kappa shape index (κ2) is 6.75. The Hall–Kier alpha value is -1.07. The van der Waals surface area contributed by atoms with Crippen molar-refractivity contribution >= 4 is 17.7 Å². The summed E-state index contributed by atoms with van der Waals surface area (Å²) in [6.45, 7) is 2.45. The fourth-order valence-electron chi connectivity index (χ4n) is 2.10. The van der Waals surface area contributed by atoms with E-state index in [0.29, 0.717) is 11.7 Å². The second-order valence-corrected chi connectivity index (χ2v) is 5.47. The maximum Gasteiger partial charge on any atom is 0.232 e. The molecular weight excluding hydrogens is 248 g/mol. The van der Waals surface area contributed by atoms with Gasteiger partial charge in [0.05, 0.1) is 12.4 Å². The summed E-state index contributed by atoms with van der Waals surface area (Å²) in [5, 5.41) is 0. The number of amides is 1. The largest absolute Gasteiger partial charge is 0.384 e. The molecule has 1 aliphatic heterocycles. The lowest BCUT2D eigenvalue weighted by Crippen LogP contribution is -2.30. The third-order valence-electron chi connectivity index (χ3n) is 3.05. The van der Waals surface area contributed by atoms with Crippen molar-refractivity contribution in [1.29, 1.82) is 0 Å². The van der Waals surface area contributed by atoms with Crippen LogP contribution in [-0.2, 0) is 9.53 Å². The number of ether oxygens (including phenoxy) is 1. The van der Waals surface area contributed by atoms with Crippen LogP contribution in [-0.4, -0.2) is 48.4 Å². The molecule has 2 rings (SSSR count). The lowest BCUT2D eigenvalue weighted by Gasteiger charge is -2.16. The zero-order chi connectivity index (χ0) is 12.8. The molecule has 18 heavy (non-hydrogen) atoms. The summed E-state index contributed by atoms with van der Waals surface area (Å²) in [4.78, 5) is 19.0. The average Bonchev–Trinajstić information content (AvgIpc) is 2.86. The van der Waals surface area contributed by atoms with E-state index >= 15 is 0 Å². The number of hydrogen-bond acceptors (Lipinski definition) is 4. The highest BCUT2D eigenvalue weighted by atomic mass is 32.2. The van der Waals surface area contributed by atoms with Crippen LogP contribution in [0.15, 0.2) is 29.4 Å². The molecule has 0 radical (unpaired) electrons. The Kier molecular flexibility index (Phi) is 5.01. The first kappa shape index (κ1) is 13.4. The van der Waals surface area contributed by atoms with Crippen LogP contribution < -0.4 is 0 Å². The number of carbonyl (C=O) groups is 1. The summed E-state index contributed by atoms with van der Waals surface area (Å²) in [5.74, 6) is 1.23. The van der Waals surface area contributed by atoms with Gasteiger partial charge in [-0.25, -0.2) is 0 Å². The first-order valence-corrected chi connectivity index (χ1v) is 7.07. The van der Waals surface area contributed by atoms with Crippen molar-refractivity contribution in [1.82, 2.24) is 9.88 Å². The zero-order valence-electron chi connectivity index (χ0n) is 10.5. The lowest BCUT2D eigenvalue weighted by molar-refractivity contribution is -0.127. The van der Waals surface area contributed by atoms with Gasteiger partial charge in [0.2, 0.25) is 5.91 Å². The van der Waals surface area contributed by atoms with E-state index in [9.17, 15) is 4.79 Å². The molecule has 1 aromatic heterocycles. The molecule has 0 N–H and O–H groups in total. The number of nitrogens with zero attached hydrogens (tertiary/aromatic N) is 2. The zero-order valence-corrected chi connectivity index (χ0v) is 11.4. The number of pyridine rings is 1. The summed E-state index contributed by atoms with van der Waals surface area (Å²) in [6.07, 6.45) is 4.55. The molecule has 0 saturated carbocycles. The van der Waals surface area contributed by atoms with E-state index in [1.807, 2.05) is 17.0 Å². The van der Waals surface area contributed by atoms with Crippen LogP contribution in [0.2, 0.25) is 0 Å². The molecule has 5 heteroatoms. The summed E-state index contributed by atoms with van der Waals surface area (Å²) < 4.78 is 5.13. The highest BCUT2D eigenvalue weighted by Gasteiger charge is 2.25. The summed E-state index contributed by atoms with van der Waals surface area (Å²) >= 11 is 1.57. The van der Waals surface area contributed by atoms with Gasteiger partial charge in [-0.15, -0.1) is 11.8 Å². The summed E-state index contributed by atoms with van der Waals surface area (Å²) in [7, 11) is 1.71. The minimum Gasteiger partial charge on any atom is -0.384 e. The van der Waals surface area contributed by atoms with Gasteiger partial charge in [0.25, 0.3) is 0 Å². The van der Waals surface area contributed by atoms with Crippen molar-refractivity contribution in [2.75, 3.05) is 32.6 Å². The van der Waals surface area contributed by atoms with Crippen molar-refractivity contribution < 1.29 is 9.53 Å². The standard InChI is InChI=1S/C13H18N2O2S/c1-17-9-11-4-7-15(8-11)13(16)10-18-12-2-5-14-6-3-12/h2-3,5-6,11H,4,7-10H2,1H3/t11-/m0/s1. The number of rotatable bonds is 5. The van der Waals surface area contributed by atoms with E-state index in [1.54, 1.807) is 31.3 Å². The van der Waals surface area contributed by atoms with Gasteiger partial charge in [-0.2, -0.15) is 0 Å². The Labute approximate surface area is 112 Å². The predicted molar refractivity (Wildman–Crippen MR) is 71.5 cm³/mol. The third-order valence-corrected chi connectivity index (χ3v) is 4.05. The van der Waals surface area contributed by atoms with Gasteiger partial charge in [-0.1, -0.05) is 0 Å². The third kappa shape index (κ3) is 3.71. The average molecular weight is 266 g/mol. The van der Waals surface area contributed by atoms with E-state index in [1.165, 1.54) is 0 Å². The maximum absolute atomic E-state index is 12.0. The van der Waals surface area contributed by atoms with Crippen LogP contribution in [0, 0.1) is 5.92 Å². The summed E-state index contributed by atoms with van der Waals surface area (Å²) in [5.41, 5.74) is 0. The van der Waals surface area contributed by atoms with E-state index in [0.717, 1.165) is 31.0 Å². The predicted octanol–water partition coefficient (Wildman–Crippen LogP) is 1.67. The van der Waals surface area contributed by atoms with Crippen molar-refractivity contribution in [3.63, 3.8) is 0 Å². The van der Waals surface area contributed by atoms with Gasteiger partial charge >= 0.3 is 0 Å². The van der Waals surface area contributed by atoms with E-state index in [2.05, 4.69) is 4.98 Å². The molecule has 1 aliphatic rings. The molecule has 1 saturated heterocycles. The number of likely N-dealkylation sites (tertiary alicyclic amines) is 1. The van der Waals surface area contributed by atoms with Gasteiger partial charge in [-0.3, -0.25) is 9.78 Å². The lowest BCUT2D eigenvalue weighted by atomic mass is 10.1. The maximum atomic E-state index is 12.0. The molecule has 1 amide bonds. The molecule has 0 aliphatic carbocycles. The minimum atomic E-state index is 0.218. The Bertz CT molecular complexity index is 386. The van der Waals surface area contributed by atoms with Crippen LogP contribution in [0.5, 0.6) is 0 Å². The van der Waals surface area contributed by atoms with Crippen LogP contribution in [0.1, 0.15) is 6.42 Å². The quantitative estimate of drug-likeness (QED) is 0.760. The highest BCUT2D eigenvalue weighted by Crippen LogP contribution is 2.20. The van der Waals surface area contributed by atoms with Crippen LogP contribution in [0.25, 0.3) is 0 Å². The Morgan fingerprint density at radius 3 is 3.06 bits per heavy atom. The molecule has 0 spiro atoms. The Morgan fingerprint density at radius 1 is 1.56 bits per heavy atom. The van der Waals surface area contributed by atoms with E-state index in [4.69, 9.17) is 4.74 Å². The Balaban J connectivity index is 1.76. The van der Waals surface area contributed by atoms with Crippen molar-refractivity contribution in [2.45, 2.75) is 11.3 Å². The monoisotopic (exact) mass is 266 g/mol. The van der Waals surface area contributed by atoms with Crippen molar-refractivity contribution in [3.05, 3.63) is 24.5 Å². The van der Waals surface area contributed by atoms with Crippen molar-refractivity contribution in [3.8, 4) is 0 Å². The summed E-state index contributed by atoms with van der Waals surface area (Å²) in [6, 6.07) is 3.85. The van der Waals surface area contributed by atoms with E-state index in [-0.39, 0.29) is 5.91 Å². The smallest absolute Gasteiger partial charge is 0.232 e. The second-order valence-electron chi connectivity index (χ2n) is 4.42. The minimum absolute atomic E-state index is 0.218. The van der Waals surface area contributed by atoms with Gasteiger partial charge in [0.1, 0.15) is 0 Å². The van der Waals surface area contributed by atoms with Crippen LogP contribution in [0.4, 0.5) is 0 Å². The number of hydrogen-bond donors (Lipinski definition) is 0. The molecule has 1 atom stereocenters. The van der Waals surface area contributed by atoms with Gasteiger partial charge in [0.15, 0.2) is 0 Å². The molecule has 98 valence electrons. The van der Waals surface area contributed by atoms with Gasteiger partial charge < -0.3 is 9.64 Å². The first-order chi connectivity index (χ1) is 8.79. The van der Waals surface area contributed by atoms with Crippen molar-refractivity contribution in [2.24, 2.45) is 5.92 Å². The number of methoxy groups -OCH3 is 1. The first-order valence-electron chi connectivity index (χ1n) is 6.09. The normalized spacial score (nSPS) is 19.2. The van der Waals surface area contributed by atoms with Gasteiger partial charge in [-0.05, 0) is 18.6 Å². The molecular formula is C13H18N2O2S. The molecule has 0 aromatic carbocycles. The Morgan fingerprint density at radius 2 is 2.33 bits per heavy atom. The van der Waals surface area contributed by atoms with E-state index < -0.39 is 0 Å². The molecule has 0 unspecified atom stereocenters. The van der Waals surface area contributed by atoms with Gasteiger partial charge in [0, 0.05) is 43.4 Å². The number of thioether (sulfide) groups is 1.